The molecule has 0 amide bonds. The molecule has 0 unspecified atom stereocenters. The monoisotopic (exact) mass is 418 g/mol. The predicted octanol–water partition coefficient (Wildman–Crippen LogP) is 5.33. The maximum Gasteiger partial charge on any atom is 0.0579 e. The van der Waals surface area contributed by atoms with Gasteiger partial charge in [0.2, 0.25) is 0 Å². The van der Waals surface area contributed by atoms with Gasteiger partial charge in [0.25, 0.3) is 0 Å². The molecule has 10 atom stereocenters. The molecule has 0 aromatic carbocycles. The van der Waals surface area contributed by atoms with Gasteiger partial charge in [0.1, 0.15) is 0 Å². The van der Waals surface area contributed by atoms with Gasteiger partial charge < -0.3 is 15.3 Å². The van der Waals surface area contributed by atoms with E-state index >= 15 is 0 Å². The lowest BCUT2D eigenvalue weighted by Crippen LogP contribution is -2.52. The second-order valence-electron chi connectivity index (χ2n) is 12.2. The van der Waals surface area contributed by atoms with Crippen molar-refractivity contribution < 1.29 is 15.3 Å². The van der Waals surface area contributed by atoms with Crippen LogP contribution in [0.5, 0.6) is 0 Å². The number of allylic oxidation sites excluding steroid dienone is 1. The second kappa shape index (κ2) is 8.52. The van der Waals surface area contributed by atoms with E-state index in [0.717, 1.165) is 38.5 Å². The number of rotatable bonds is 6. The summed E-state index contributed by atoms with van der Waals surface area (Å²) in [7, 11) is 0. The van der Waals surface area contributed by atoms with Gasteiger partial charge in [0.15, 0.2) is 0 Å². The van der Waals surface area contributed by atoms with E-state index in [4.69, 9.17) is 0 Å². The average molecular weight is 419 g/mol. The minimum atomic E-state index is -0.153. The number of hydrogen-bond acceptors (Lipinski definition) is 3. The van der Waals surface area contributed by atoms with E-state index < -0.39 is 0 Å². The fraction of sp³-hybridized carbons (Fsp3) is 0.926. The summed E-state index contributed by atoms with van der Waals surface area (Å²) in [5.74, 6) is 3.39. The van der Waals surface area contributed by atoms with E-state index in [2.05, 4.69) is 33.8 Å². The van der Waals surface area contributed by atoms with Crippen LogP contribution in [0.3, 0.4) is 0 Å². The first-order chi connectivity index (χ1) is 14.2. The quantitative estimate of drug-likeness (QED) is 0.511. The van der Waals surface area contributed by atoms with Crippen molar-refractivity contribution in [3.63, 3.8) is 0 Å². The predicted molar refractivity (Wildman–Crippen MR) is 122 cm³/mol. The average Bonchev–Trinajstić information content (AvgIpc) is 2.99. The second-order valence-corrected chi connectivity index (χ2v) is 12.2. The van der Waals surface area contributed by atoms with Crippen LogP contribution in [0.25, 0.3) is 0 Å². The highest BCUT2D eigenvalue weighted by molar-refractivity contribution is 5.26. The highest BCUT2D eigenvalue weighted by Crippen LogP contribution is 2.67. The molecule has 3 N–H and O–H groups in total. The van der Waals surface area contributed by atoms with Crippen molar-refractivity contribution in [2.45, 2.75) is 104 Å². The molecule has 0 saturated heterocycles. The summed E-state index contributed by atoms with van der Waals surface area (Å²) in [6, 6.07) is 0. The van der Waals surface area contributed by atoms with Gasteiger partial charge in [-0.1, -0.05) is 52.2 Å². The van der Waals surface area contributed by atoms with Crippen molar-refractivity contribution in [3.8, 4) is 0 Å². The van der Waals surface area contributed by atoms with E-state index in [1.165, 1.54) is 31.3 Å². The van der Waals surface area contributed by atoms with Gasteiger partial charge in [0.05, 0.1) is 12.2 Å². The first kappa shape index (κ1) is 22.8. The summed E-state index contributed by atoms with van der Waals surface area (Å²) in [5.41, 5.74) is 2.02. The standard InChI is InChI=1S/C27H46O3/c1-17(16-28)6-5-7-18(2)23-15-24(30)25-21-9-8-19-14-20(29)10-12-26(19,3)22(21)11-13-27(23,25)4/h8,17-18,20-25,28-30H,5-7,9-16H2,1-4H3/t17-,18-,20+,21-,22+,23-,24+,25-,26+,27-/m1/s1. The SMILES string of the molecule is C[C@@H](CO)CCC[C@@H](C)[C@H]1C[C@H](O)[C@H]2[C@@H]3CC=C4C[C@@H](O)CC[C@]4(C)[C@H]3CC[C@@]21C. The van der Waals surface area contributed by atoms with Crippen LogP contribution in [-0.2, 0) is 0 Å². The molecule has 3 fully saturated rings. The third-order valence-corrected chi connectivity index (χ3v) is 10.5. The Labute approximate surface area is 184 Å². The molecule has 4 aliphatic rings. The first-order valence-electron chi connectivity index (χ1n) is 12.9. The van der Waals surface area contributed by atoms with Gasteiger partial charge >= 0.3 is 0 Å². The van der Waals surface area contributed by atoms with Crippen LogP contribution in [0.1, 0.15) is 91.9 Å². The van der Waals surface area contributed by atoms with Crippen LogP contribution in [0.15, 0.2) is 11.6 Å². The Bertz CT molecular complexity index is 644. The lowest BCUT2D eigenvalue weighted by Gasteiger charge is -2.58. The molecule has 0 spiro atoms. The van der Waals surface area contributed by atoms with E-state index in [1.807, 2.05) is 0 Å². The smallest absolute Gasteiger partial charge is 0.0579 e. The Morgan fingerprint density at radius 3 is 2.60 bits per heavy atom. The highest BCUT2D eigenvalue weighted by atomic mass is 16.3. The Balaban J connectivity index is 1.50. The Hall–Kier alpha value is -0.380. The van der Waals surface area contributed by atoms with Gasteiger partial charge in [0, 0.05) is 6.61 Å². The third kappa shape index (κ3) is 3.71. The van der Waals surface area contributed by atoms with Crippen LogP contribution in [0.2, 0.25) is 0 Å². The summed E-state index contributed by atoms with van der Waals surface area (Å²) in [4.78, 5) is 0. The minimum absolute atomic E-state index is 0.148. The molecule has 172 valence electrons. The van der Waals surface area contributed by atoms with E-state index in [-0.39, 0.29) is 23.0 Å². The van der Waals surface area contributed by atoms with Crippen LogP contribution >= 0.6 is 0 Å². The number of aliphatic hydroxyl groups is 3. The zero-order valence-corrected chi connectivity index (χ0v) is 19.8. The molecular weight excluding hydrogens is 372 g/mol. The molecule has 30 heavy (non-hydrogen) atoms. The first-order valence-corrected chi connectivity index (χ1v) is 12.9. The zero-order valence-electron chi connectivity index (χ0n) is 19.8. The van der Waals surface area contributed by atoms with Crippen LogP contribution in [-0.4, -0.2) is 34.1 Å². The fourth-order valence-electron chi connectivity index (χ4n) is 8.72. The van der Waals surface area contributed by atoms with Crippen LogP contribution in [0.4, 0.5) is 0 Å². The van der Waals surface area contributed by atoms with Crippen molar-refractivity contribution in [3.05, 3.63) is 11.6 Å². The Kier molecular flexibility index (Phi) is 6.48. The lowest BCUT2D eigenvalue weighted by molar-refractivity contribution is -0.0816. The highest BCUT2D eigenvalue weighted by Gasteiger charge is 2.61. The van der Waals surface area contributed by atoms with Gasteiger partial charge in [-0.15, -0.1) is 0 Å². The van der Waals surface area contributed by atoms with Gasteiger partial charge in [-0.05, 0) is 97.7 Å². The zero-order chi connectivity index (χ0) is 21.7. The molecule has 3 saturated carbocycles. The van der Waals surface area contributed by atoms with Crippen molar-refractivity contribution >= 4 is 0 Å². The maximum absolute atomic E-state index is 11.3. The lowest BCUT2D eigenvalue weighted by atomic mass is 9.46. The largest absolute Gasteiger partial charge is 0.396 e. The number of hydrogen-bond donors (Lipinski definition) is 3. The normalized spacial score (nSPS) is 47.6. The third-order valence-electron chi connectivity index (χ3n) is 10.5. The van der Waals surface area contributed by atoms with Gasteiger partial charge in [-0.3, -0.25) is 0 Å². The molecule has 0 radical (unpaired) electrons. The summed E-state index contributed by atoms with van der Waals surface area (Å²) in [6.45, 7) is 9.83. The van der Waals surface area contributed by atoms with Crippen molar-refractivity contribution in [1.29, 1.82) is 0 Å². The minimum Gasteiger partial charge on any atom is -0.396 e. The van der Waals surface area contributed by atoms with Gasteiger partial charge in [-0.2, -0.15) is 0 Å². The van der Waals surface area contributed by atoms with E-state index in [1.54, 1.807) is 0 Å². The molecule has 0 bridgehead atoms. The topological polar surface area (TPSA) is 60.7 Å². The number of aliphatic hydroxyl groups excluding tert-OH is 3. The summed E-state index contributed by atoms with van der Waals surface area (Å²) in [6.07, 6.45) is 13.2. The molecular formula is C27H46O3. The molecule has 0 aliphatic heterocycles. The molecule has 0 aromatic heterocycles. The maximum atomic E-state index is 11.3. The van der Waals surface area contributed by atoms with E-state index in [9.17, 15) is 15.3 Å². The summed E-state index contributed by atoms with van der Waals surface area (Å²) < 4.78 is 0. The van der Waals surface area contributed by atoms with Crippen LogP contribution in [0, 0.1) is 46.3 Å². The Morgan fingerprint density at radius 1 is 1.10 bits per heavy atom. The van der Waals surface area contributed by atoms with Crippen LogP contribution < -0.4 is 0 Å². The van der Waals surface area contributed by atoms with Crippen molar-refractivity contribution in [1.82, 2.24) is 0 Å². The van der Waals surface area contributed by atoms with E-state index in [0.29, 0.717) is 42.1 Å². The molecule has 4 aliphatic carbocycles. The molecule has 3 nitrogen and oxygen atoms in total. The summed E-state index contributed by atoms with van der Waals surface area (Å²) in [5, 5.41) is 30.9. The molecule has 0 aromatic rings. The van der Waals surface area contributed by atoms with Gasteiger partial charge in [-0.25, -0.2) is 0 Å². The fourth-order valence-corrected chi connectivity index (χ4v) is 8.72. The molecule has 0 heterocycles. The molecule has 3 heteroatoms. The molecule has 4 rings (SSSR count). The van der Waals surface area contributed by atoms with Crippen molar-refractivity contribution in [2.24, 2.45) is 46.3 Å². The Morgan fingerprint density at radius 2 is 1.87 bits per heavy atom. The van der Waals surface area contributed by atoms with Crippen molar-refractivity contribution in [2.75, 3.05) is 6.61 Å². The number of fused-ring (bicyclic) bond motifs is 5. The summed E-state index contributed by atoms with van der Waals surface area (Å²) >= 11 is 0.